The topological polar surface area (TPSA) is 33.2 Å². The van der Waals surface area contributed by atoms with Crippen LogP contribution in [0.4, 0.5) is 0 Å². The van der Waals surface area contributed by atoms with Crippen molar-refractivity contribution in [1.82, 2.24) is 9.88 Å². The van der Waals surface area contributed by atoms with Gasteiger partial charge in [-0.05, 0) is 56.1 Å². The van der Waals surface area contributed by atoms with Crippen molar-refractivity contribution < 1.29 is 4.79 Å². The molecular formula is C18H24N2O. The highest BCUT2D eigenvalue weighted by atomic mass is 16.2. The van der Waals surface area contributed by atoms with Crippen LogP contribution in [0.1, 0.15) is 49.7 Å². The number of aryl methyl sites for hydroxylation is 2. The van der Waals surface area contributed by atoms with Gasteiger partial charge in [-0.25, -0.2) is 0 Å². The maximum atomic E-state index is 12.6. The molecule has 3 nitrogen and oxygen atoms in total. The smallest absolute Gasteiger partial charge is 0.223 e. The lowest BCUT2D eigenvalue weighted by Gasteiger charge is -2.63. The Morgan fingerprint density at radius 2 is 2.19 bits per heavy atom. The fourth-order valence-corrected chi connectivity index (χ4v) is 4.39. The first-order chi connectivity index (χ1) is 10.2. The molecule has 112 valence electrons. The monoisotopic (exact) mass is 284 g/mol. The van der Waals surface area contributed by atoms with Crippen molar-refractivity contribution in [3.8, 4) is 0 Å². The molecule has 1 atom stereocenters. The zero-order valence-corrected chi connectivity index (χ0v) is 12.8. The summed E-state index contributed by atoms with van der Waals surface area (Å²) in [7, 11) is 0. The minimum Gasteiger partial charge on any atom is -0.338 e. The molecule has 1 aliphatic heterocycles. The van der Waals surface area contributed by atoms with E-state index in [-0.39, 0.29) is 0 Å². The van der Waals surface area contributed by atoms with Crippen LogP contribution in [0.3, 0.4) is 0 Å². The summed E-state index contributed by atoms with van der Waals surface area (Å²) in [4.78, 5) is 19.0. The molecular weight excluding hydrogens is 260 g/mol. The lowest BCUT2D eigenvalue weighted by molar-refractivity contribution is -0.171. The third kappa shape index (κ3) is 2.27. The average Bonchev–Trinajstić information content (AvgIpc) is 3.18. The highest BCUT2D eigenvalue weighted by Gasteiger charge is 2.61. The standard InChI is InChI=1S/C18H24N2O/c1-13-9-14(11-19-10-13)3-6-16(21)20-12-18(7-2-8-18)17(20)15-4-5-15/h9-11,15,17H,2-8,12H2,1H3. The normalized spacial score (nSPS) is 26.3. The summed E-state index contributed by atoms with van der Waals surface area (Å²) in [6.45, 7) is 3.09. The quantitative estimate of drug-likeness (QED) is 0.851. The number of carbonyl (C=O) groups is 1. The van der Waals surface area contributed by atoms with Crippen LogP contribution >= 0.6 is 0 Å². The highest BCUT2D eigenvalue weighted by Crippen LogP contribution is 2.59. The first-order valence-corrected chi connectivity index (χ1v) is 8.38. The SMILES string of the molecule is Cc1cncc(CCC(=O)N2CC3(CCC3)C2C2CC2)c1. The predicted octanol–water partition coefficient (Wildman–Crippen LogP) is 3.11. The molecule has 1 unspecified atom stereocenters. The van der Waals surface area contributed by atoms with E-state index in [1.165, 1.54) is 43.2 Å². The Balaban J connectivity index is 1.37. The largest absolute Gasteiger partial charge is 0.338 e. The minimum absolute atomic E-state index is 0.367. The highest BCUT2D eigenvalue weighted by molar-refractivity contribution is 5.78. The number of hydrogen-bond acceptors (Lipinski definition) is 2. The van der Waals surface area contributed by atoms with E-state index in [0.29, 0.717) is 23.8 Å². The number of pyridine rings is 1. The summed E-state index contributed by atoms with van der Waals surface area (Å²) in [5.41, 5.74) is 2.90. The molecule has 0 bridgehead atoms. The number of nitrogens with zero attached hydrogens (tertiary/aromatic N) is 2. The molecule has 0 N–H and O–H groups in total. The van der Waals surface area contributed by atoms with Gasteiger partial charge in [0.25, 0.3) is 0 Å². The van der Waals surface area contributed by atoms with Gasteiger partial charge >= 0.3 is 0 Å². The van der Waals surface area contributed by atoms with E-state index in [2.05, 4.69) is 22.9 Å². The summed E-state index contributed by atoms with van der Waals surface area (Å²) in [6, 6.07) is 2.73. The van der Waals surface area contributed by atoms with Gasteiger partial charge in [-0.2, -0.15) is 0 Å². The van der Waals surface area contributed by atoms with Crippen LogP contribution in [0.2, 0.25) is 0 Å². The van der Waals surface area contributed by atoms with Crippen molar-refractivity contribution in [3.63, 3.8) is 0 Å². The molecule has 2 heterocycles. The van der Waals surface area contributed by atoms with Gasteiger partial charge in [-0.1, -0.05) is 12.5 Å². The van der Waals surface area contributed by atoms with Gasteiger partial charge in [0, 0.05) is 36.8 Å². The zero-order valence-electron chi connectivity index (χ0n) is 12.8. The van der Waals surface area contributed by atoms with Crippen LogP contribution in [0, 0.1) is 18.3 Å². The second kappa shape index (κ2) is 4.82. The number of carbonyl (C=O) groups excluding carboxylic acids is 1. The molecule has 4 rings (SSSR count). The first-order valence-electron chi connectivity index (χ1n) is 8.38. The Kier molecular flexibility index (Phi) is 3.05. The predicted molar refractivity (Wildman–Crippen MR) is 81.8 cm³/mol. The van der Waals surface area contributed by atoms with Crippen molar-refractivity contribution in [2.45, 2.75) is 57.9 Å². The maximum Gasteiger partial charge on any atom is 0.223 e. The number of rotatable bonds is 4. The Morgan fingerprint density at radius 1 is 1.38 bits per heavy atom. The van der Waals surface area contributed by atoms with Crippen LogP contribution in [0.15, 0.2) is 18.5 Å². The molecule has 3 heteroatoms. The maximum absolute atomic E-state index is 12.6. The molecule has 1 amide bonds. The number of likely N-dealkylation sites (tertiary alicyclic amines) is 1. The third-order valence-corrected chi connectivity index (χ3v) is 5.75. The second-order valence-electron chi connectivity index (χ2n) is 7.39. The lowest BCUT2D eigenvalue weighted by Crippen LogP contribution is -2.69. The Labute approximate surface area is 126 Å². The summed E-state index contributed by atoms with van der Waals surface area (Å²) in [6.07, 6.45) is 12.0. The fraction of sp³-hybridized carbons (Fsp3) is 0.667. The van der Waals surface area contributed by atoms with Crippen molar-refractivity contribution >= 4 is 5.91 Å². The molecule has 1 saturated heterocycles. The lowest BCUT2D eigenvalue weighted by atomic mass is 9.56. The van der Waals surface area contributed by atoms with Crippen molar-refractivity contribution in [1.29, 1.82) is 0 Å². The van der Waals surface area contributed by atoms with Gasteiger partial charge < -0.3 is 4.90 Å². The zero-order chi connectivity index (χ0) is 14.4. The molecule has 1 aromatic heterocycles. The van der Waals surface area contributed by atoms with Crippen LogP contribution in [-0.4, -0.2) is 28.4 Å². The third-order valence-electron chi connectivity index (χ3n) is 5.75. The number of hydrogen-bond donors (Lipinski definition) is 0. The van der Waals surface area contributed by atoms with Gasteiger partial charge in [0.05, 0.1) is 0 Å². The Hall–Kier alpha value is -1.38. The fourth-order valence-electron chi connectivity index (χ4n) is 4.39. The molecule has 0 radical (unpaired) electrons. The Morgan fingerprint density at radius 3 is 2.81 bits per heavy atom. The summed E-state index contributed by atoms with van der Waals surface area (Å²) in [5.74, 6) is 1.19. The van der Waals surface area contributed by atoms with E-state index < -0.39 is 0 Å². The van der Waals surface area contributed by atoms with Crippen LogP contribution in [0.25, 0.3) is 0 Å². The van der Waals surface area contributed by atoms with Crippen molar-refractivity contribution in [2.75, 3.05) is 6.54 Å². The van der Waals surface area contributed by atoms with Crippen molar-refractivity contribution in [3.05, 3.63) is 29.6 Å². The van der Waals surface area contributed by atoms with Crippen molar-refractivity contribution in [2.24, 2.45) is 11.3 Å². The van der Waals surface area contributed by atoms with E-state index >= 15 is 0 Å². The molecule has 21 heavy (non-hydrogen) atoms. The number of aromatic nitrogens is 1. The second-order valence-corrected chi connectivity index (χ2v) is 7.39. The minimum atomic E-state index is 0.367. The van der Waals surface area contributed by atoms with Crippen LogP contribution in [0.5, 0.6) is 0 Å². The summed E-state index contributed by atoms with van der Waals surface area (Å²) >= 11 is 0. The van der Waals surface area contributed by atoms with Gasteiger partial charge in [-0.3, -0.25) is 9.78 Å². The average molecular weight is 284 g/mol. The molecule has 0 aromatic carbocycles. The van der Waals surface area contributed by atoms with Gasteiger partial charge in [0.2, 0.25) is 5.91 Å². The number of amides is 1. The van der Waals surface area contributed by atoms with E-state index in [1.807, 2.05) is 12.4 Å². The van der Waals surface area contributed by atoms with Gasteiger partial charge in [0.15, 0.2) is 0 Å². The van der Waals surface area contributed by atoms with Gasteiger partial charge in [-0.15, -0.1) is 0 Å². The van der Waals surface area contributed by atoms with Crippen LogP contribution in [-0.2, 0) is 11.2 Å². The van der Waals surface area contributed by atoms with Crippen LogP contribution < -0.4 is 0 Å². The van der Waals surface area contributed by atoms with E-state index in [4.69, 9.17) is 0 Å². The molecule has 2 aliphatic carbocycles. The molecule has 3 fully saturated rings. The van der Waals surface area contributed by atoms with E-state index in [1.54, 1.807) is 0 Å². The first kappa shape index (κ1) is 13.3. The van der Waals surface area contributed by atoms with E-state index in [0.717, 1.165) is 18.9 Å². The Bertz CT molecular complexity index is 560. The summed E-state index contributed by atoms with van der Waals surface area (Å²) in [5, 5.41) is 0. The van der Waals surface area contributed by atoms with Gasteiger partial charge in [0.1, 0.15) is 0 Å². The molecule has 1 aromatic rings. The molecule has 3 aliphatic rings. The molecule has 2 saturated carbocycles. The van der Waals surface area contributed by atoms with E-state index in [9.17, 15) is 4.79 Å². The molecule has 1 spiro atoms. The summed E-state index contributed by atoms with van der Waals surface area (Å²) < 4.78 is 0.